The van der Waals surface area contributed by atoms with E-state index in [0.29, 0.717) is 178 Å². The molecule has 0 spiro atoms. The molecule has 4 atom stereocenters. The van der Waals surface area contributed by atoms with Crippen molar-refractivity contribution in [1.82, 2.24) is 19.9 Å². The van der Waals surface area contributed by atoms with Crippen molar-refractivity contribution in [2.24, 2.45) is 0 Å². The Morgan fingerprint density at radius 2 is 0.510 bits per heavy atom. The van der Waals surface area contributed by atoms with Crippen LogP contribution in [0.15, 0.2) is 121 Å². The molecule has 8 nitrogen and oxygen atoms in total. The number of aromatic amines is 2. The lowest BCUT2D eigenvalue weighted by molar-refractivity contribution is 0.326. The van der Waals surface area contributed by atoms with E-state index >= 15 is 0 Å². The van der Waals surface area contributed by atoms with Gasteiger partial charge in [-0.15, -0.1) is 0 Å². The van der Waals surface area contributed by atoms with Gasteiger partial charge < -0.3 is 28.9 Å². The van der Waals surface area contributed by atoms with Gasteiger partial charge in [0.25, 0.3) is 0 Å². The van der Waals surface area contributed by atoms with Crippen LogP contribution in [0.5, 0.6) is 23.0 Å². The second-order valence-corrected chi connectivity index (χ2v) is 36.2. The van der Waals surface area contributed by atoms with E-state index in [-0.39, 0.29) is 0 Å². The molecule has 4 aromatic carbocycles. The van der Waals surface area contributed by atoms with Crippen molar-refractivity contribution in [1.29, 1.82) is 0 Å². The summed E-state index contributed by atoms with van der Waals surface area (Å²) in [6.07, 6.45) is 24.2. The minimum absolute atomic E-state index is 0.546. The Hall–Kier alpha value is -4.72. The molecule has 104 heavy (non-hydrogen) atoms. The zero-order chi connectivity index (χ0) is 73.7. The first-order chi connectivity index (χ1) is 49.8. The van der Waals surface area contributed by atoms with Gasteiger partial charge in [0.05, 0.1) is 230 Å². The lowest BCUT2D eigenvalue weighted by atomic mass is 8.57. The monoisotopic (exact) mass is 1320 g/mol. The van der Waals surface area contributed by atoms with E-state index in [4.69, 9.17) is 28.9 Å². The number of fused-ring (bicyclic) bond motifs is 8. The van der Waals surface area contributed by atoms with Gasteiger partial charge in [-0.1, -0.05) is 73.8 Å². The zero-order valence-corrected chi connectivity index (χ0v) is 66.9. The van der Waals surface area contributed by atoms with Gasteiger partial charge >= 0.3 is 0 Å². The van der Waals surface area contributed by atoms with E-state index in [1.807, 2.05) is 0 Å². The molecule has 0 amide bonds. The largest absolute Gasteiger partial charge is 0.494 e. The predicted molar refractivity (Wildman–Crippen MR) is 543 cm³/mol. The van der Waals surface area contributed by atoms with Crippen LogP contribution in [-0.2, 0) is 0 Å². The third kappa shape index (κ3) is 17.5. The summed E-state index contributed by atoms with van der Waals surface area (Å²) in [4.78, 5) is 19.7. The van der Waals surface area contributed by atoms with Crippen molar-refractivity contribution in [3.8, 4) is 67.5 Å². The van der Waals surface area contributed by atoms with Crippen molar-refractivity contribution in [2.75, 3.05) is 26.4 Å². The van der Waals surface area contributed by atoms with E-state index in [0.717, 1.165) is 112 Å². The highest BCUT2D eigenvalue weighted by Crippen LogP contribution is 2.46. The average molecular weight is 1310 g/mol. The molecule has 4 unspecified atom stereocenters. The smallest absolute Gasteiger partial charge is 0.119 e. The van der Waals surface area contributed by atoms with Crippen LogP contribution in [0.1, 0.15) is 22.8 Å². The van der Waals surface area contributed by atoms with Gasteiger partial charge in [0, 0.05) is 146 Å². The summed E-state index contributed by atoms with van der Waals surface area (Å²) in [6.45, 7) is 5.57. The molecule has 6 aliphatic rings. The SMILES string of the molecule is BB(B)B(B)B(B(B)B)B1CC1COc1cccc(-c2c3nc(c(-c4cccc(OCC5CB5B(B(B)B)B(B)B(B)B)c4)c4ccc([nH]4)c(-c4cccc(OCC5CB5B(B(B)B)B(B)B(B)B)c4)c4nc(c(-c5cccc(OCC6CB6B(B(B)B)B(B)B(B)B)c5)c5ccc2[nH]5)C=C4)C=C3)c1. The van der Waals surface area contributed by atoms with Gasteiger partial charge in [-0.25, -0.2) is 9.97 Å². The van der Waals surface area contributed by atoms with Gasteiger partial charge in [0.2, 0.25) is 0 Å². The van der Waals surface area contributed by atoms with Gasteiger partial charge in [-0.2, -0.15) is 0 Å². The molecule has 2 N–H and O–H groups in total. The Bertz CT molecular complexity index is 3920. The summed E-state index contributed by atoms with van der Waals surface area (Å²) in [5.74, 6) is 5.67. The molecular formula is C56H86B40N4O4. The fourth-order valence-electron chi connectivity index (χ4n) is 19.7. The van der Waals surface area contributed by atoms with Crippen molar-refractivity contribution >= 4 is 330 Å². The molecule has 3 aromatic heterocycles. The van der Waals surface area contributed by atoms with E-state index in [9.17, 15) is 0 Å². The fraction of sp³-hybridized carbons (Fsp3) is 0.214. The van der Waals surface area contributed by atoms with Crippen LogP contribution in [0.25, 0.3) is 90.9 Å². The number of ether oxygens (including phenoxy) is 4. The Morgan fingerprint density at radius 3 is 0.702 bits per heavy atom. The normalized spacial score (nSPS) is 16.3. The highest BCUT2D eigenvalue weighted by molar-refractivity contribution is 8.03. The Morgan fingerprint density at radius 1 is 0.298 bits per heavy atom. The van der Waals surface area contributed by atoms with Gasteiger partial charge in [-0.05, 0) is 143 Å². The van der Waals surface area contributed by atoms with Crippen LogP contribution in [0, 0.1) is 0 Å². The number of rotatable bonds is 32. The van der Waals surface area contributed by atoms with Crippen molar-refractivity contribution in [3.05, 3.63) is 144 Å². The topological polar surface area (TPSA) is 94.3 Å². The third-order valence-electron chi connectivity index (χ3n) is 26.7. The highest BCUT2D eigenvalue weighted by Gasteiger charge is 2.54. The summed E-state index contributed by atoms with van der Waals surface area (Å²) < 4.78 is 27.6. The lowest BCUT2D eigenvalue weighted by Gasteiger charge is -2.24. The second kappa shape index (κ2) is 33.2. The molecule has 6 aliphatic heterocycles. The van der Waals surface area contributed by atoms with E-state index in [2.05, 4.69) is 310 Å². The first-order valence-electron chi connectivity index (χ1n) is 40.9. The summed E-state index contributed by atoms with van der Waals surface area (Å²) in [6, 6.07) is 43.9. The number of hydrogen-bond donors (Lipinski definition) is 2. The van der Waals surface area contributed by atoms with Crippen molar-refractivity contribution in [2.45, 2.75) is 48.5 Å². The maximum absolute atomic E-state index is 6.91. The summed E-state index contributed by atoms with van der Waals surface area (Å²) >= 11 is 0. The molecular weight excluding hydrogens is 1230 g/mol. The molecule has 7 aromatic rings. The number of nitrogens with zero attached hydrogens (tertiary/aromatic N) is 2. The molecule has 8 bridgehead atoms. The zero-order valence-electron chi connectivity index (χ0n) is 66.9. The number of benzene rings is 4. The molecule has 9 heterocycles. The van der Waals surface area contributed by atoms with E-state index in [1.54, 1.807) is 0 Å². The Kier molecular flexibility index (Phi) is 24.7. The molecule has 0 radical (unpaired) electrons. The standard InChI is InChI=1S/C56H86B40N4O4/c57-81(58)89(73)93(85(65)66)77-25-37(77)29-101-41-9-1-5-33(21-41)53-45-13-15-47(97-45)54(34-6-2-10-42(22-34)102-30-38-26-78(38)94(86(67)68)90(74)82(59)60)49-17-19-51(99-49)56(36-8-4-12-44(24-36)104-32-40-28-80(40)96(88(71)72)92(76)84(63)64)52-20-18-50(100-52)55(48-16-14-46(53)98-48)35-7-3-11-43(23-35)103-31-39-27-79(39)95(87(69)70)91(75)83(61)62/h1-24,37-40,97,100H,25-32,57-76H2. The van der Waals surface area contributed by atoms with Crippen LogP contribution in [-0.4, -0.2) is 330 Å². The molecule has 0 saturated carbocycles. The molecule has 474 valence electrons. The molecule has 4 saturated heterocycles. The lowest BCUT2D eigenvalue weighted by Crippen LogP contribution is -2.63. The van der Waals surface area contributed by atoms with Crippen molar-refractivity contribution in [3.63, 3.8) is 0 Å². The maximum Gasteiger partial charge on any atom is 0.119 e. The number of aromatic nitrogens is 4. The second-order valence-electron chi connectivity index (χ2n) is 36.2. The molecule has 0 aliphatic carbocycles. The molecule has 48 heteroatoms. The Balaban J connectivity index is 0.949. The van der Waals surface area contributed by atoms with Gasteiger partial charge in [0.15, 0.2) is 0 Å². The predicted octanol–water partition coefficient (Wildman–Crippen LogP) is -11.9. The van der Waals surface area contributed by atoms with Crippen LogP contribution in [0.3, 0.4) is 0 Å². The minimum atomic E-state index is 0.546. The van der Waals surface area contributed by atoms with E-state index in [1.165, 1.54) is 25.3 Å². The van der Waals surface area contributed by atoms with Crippen LogP contribution in [0.2, 0.25) is 48.5 Å². The third-order valence-corrected chi connectivity index (χ3v) is 26.7. The maximum atomic E-state index is 6.91. The van der Waals surface area contributed by atoms with E-state index < -0.39 is 0 Å². The average Bonchev–Trinajstić information content (AvgIpc) is 1.61. The van der Waals surface area contributed by atoms with Gasteiger partial charge in [-0.3, -0.25) is 0 Å². The summed E-state index contributed by atoms with van der Waals surface area (Å²) in [7, 11) is 48.3. The number of H-pyrrole nitrogens is 2. The minimum Gasteiger partial charge on any atom is -0.494 e. The first-order valence-corrected chi connectivity index (χ1v) is 40.9. The molecule has 4 fully saturated rings. The Labute approximate surface area is 650 Å². The fourth-order valence-corrected chi connectivity index (χ4v) is 19.7. The number of hydrogen-bond acceptors (Lipinski definition) is 6. The van der Waals surface area contributed by atoms with Gasteiger partial charge in [0.1, 0.15) is 23.0 Å². The summed E-state index contributed by atoms with van der Waals surface area (Å²) in [5, 5.41) is 0. The van der Waals surface area contributed by atoms with Crippen molar-refractivity contribution < 1.29 is 18.9 Å². The molecule has 13 rings (SSSR count). The summed E-state index contributed by atoms with van der Waals surface area (Å²) in [5.41, 5.74) is 15.3. The number of nitrogens with one attached hydrogen (secondary N) is 2. The quantitative estimate of drug-likeness (QED) is 0.0408. The highest BCUT2D eigenvalue weighted by atomic mass is 16.5. The van der Waals surface area contributed by atoms with Crippen LogP contribution >= 0.6 is 0 Å². The van der Waals surface area contributed by atoms with Crippen LogP contribution < -0.4 is 18.9 Å². The van der Waals surface area contributed by atoms with Crippen LogP contribution in [0.4, 0.5) is 0 Å². The first kappa shape index (κ1) is 77.4.